The van der Waals surface area contributed by atoms with Gasteiger partial charge in [-0.1, -0.05) is 6.07 Å². The van der Waals surface area contributed by atoms with Crippen LogP contribution in [0.25, 0.3) is 0 Å². The molecule has 3 rings (SSSR count). The Bertz CT molecular complexity index is 647. The van der Waals surface area contributed by atoms with Crippen molar-refractivity contribution in [1.29, 1.82) is 0 Å². The number of hydrogen-bond acceptors (Lipinski definition) is 6. The van der Waals surface area contributed by atoms with Crippen molar-refractivity contribution < 1.29 is 24.2 Å². The number of phenolic OH excluding ortho intramolecular Hbond substituents is 1. The molecule has 0 saturated carbocycles. The van der Waals surface area contributed by atoms with Crippen molar-refractivity contribution in [2.45, 2.75) is 18.6 Å². The van der Waals surface area contributed by atoms with Crippen molar-refractivity contribution in [3.8, 4) is 5.75 Å². The predicted octanol–water partition coefficient (Wildman–Crippen LogP) is 1.21. The SMILES string of the molecule is COC(=O)c1cc(CN2CC[C@@]3(C2)CN(C)C(=O)O3)ccc1O. The molecule has 1 spiro atoms. The molecule has 0 aromatic heterocycles. The zero-order valence-electron chi connectivity index (χ0n) is 13.2. The van der Waals surface area contributed by atoms with Crippen LogP contribution in [0.3, 0.4) is 0 Å². The molecular formula is C16H20N2O5. The van der Waals surface area contributed by atoms with Crippen LogP contribution in [0.4, 0.5) is 4.79 Å². The lowest BCUT2D eigenvalue weighted by atomic mass is 10.0. The highest BCUT2D eigenvalue weighted by molar-refractivity contribution is 5.92. The number of rotatable bonds is 3. The summed E-state index contributed by atoms with van der Waals surface area (Å²) in [5, 5.41) is 9.75. The molecule has 7 heteroatoms. The van der Waals surface area contributed by atoms with Gasteiger partial charge in [0, 0.05) is 33.1 Å². The van der Waals surface area contributed by atoms with Crippen LogP contribution in [-0.2, 0) is 16.0 Å². The maximum absolute atomic E-state index is 11.6. The van der Waals surface area contributed by atoms with Gasteiger partial charge in [-0.05, 0) is 17.7 Å². The number of likely N-dealkylation sites (tertiary alicyclic amines) is 1. The second-order valence-electron chi connectivity index (χ2n) is 6.21. The minimum Gasteiger partial charge on any atom is -0.507 e. The molecule has 2 saturated heterocycles. The summed E-state index contributed by atoms with van der Waals surface area (Å²) >= 11 is 0. The summed E-state index contributed by atoms with van der Waals surface area (Å²) in [7, 11) is 3.02. The highest BCUT2D eigenvalue weighted by atomic mass is 16.6. The number of aromatic hydroxyl groups is 1. The summed E-state index contributed by atoms with van der Waals surface area (Å²) in [6.07, 6.45) is 0.523. The van der Waals surface area contributed by atoms with Crippen molar-refractivity contribution in [3.05, 3.63) is 29.3 Å². The van der Waals surface area contributed by atoms with Crippen molar-refractivity contribution in [1.82, 2.24) is 9.80 Å². The molecule has 124 valence electrons. The Morgan fingerprint density at radius 1 is 1.43 bits per heavy atom. The first-order valence-corrected chi connectivity index (χ1v) is 7.49. The predicted molar refractivity (Wildman–Crippen MR) is 81.2 cm³/mol. The van der Waals surface area contributed by atoms with E-state index in [-0.39, 0.29) is 17.4 Å². The number of nitrogens with zero attached hydrogens (tertiary/aromatic N) is 2. The first-order valence-electron chi connectivity index (χ1n) is 7.49. The quantitative estimate of drug-likeness (QED) is 0.843. The van der Waals surface area contributed by atoms with E-state index in [1.165, 1.54) is 13.2 Å². The zero-order chi connectivity index (χ0) is 16.6. The van der Waals surface area contributed by atoms with E-state index in [0.29, 0.717) is 19.6 Å². The van der Waals surface area contributed by atoms with Crippen LogP contribution in [0.2, 0.25) is 0 Å². The third-order valence-corrected chi connectivity index (χ3v) is 4.41. The maximum atomic E-state index is 11.6. The zero-order valence-corrected chi connectivity index (χ0v) is 13.2. The molecule has 0 bridgehead atoms. The monoisotopic (exact) mass is 320 g/mol. The number of methoxy groups -OCH3 is 1. The van der Waals surface area contributed by atoms with E-state index in [0.717, 1.165) is 18.5 Å². The maximum Gasteiger partial charge on any atom is 0.410 e. The number of esters is 1. The van der Waals surface area contributed by atoms with Crippen LogP contribution < -0.4 is 0 Å². The molecule has 1 aromatic rings. The lowest BCUT2D eigenvalue weighted by Gasteiger charge is -2.22. The first-order chi connectivity index (χ1) is 10.9. The Morgan fingerprint density at radius 2 is 2.22 bits per heavy atom. The fourth-order valence-electron chi connectivity index (χ4n) is 3.28. The van der Waals surface area contributed by atoms with Gasteiger partial charge in [0.25, 0.3) is 0 Å². The Morgan fingerprint density at radius 3 is 2.87 bits per heavy atom. The minimum absolute atomic E-state index is 0.0927. The average molecular weight is 320 g/mol. The van der Waals surface area contributed by atoms with Crippen LogP contribution in [0.5, 0.6) is 5.75 Å². The molecular weight excluding hydrogens is 300 g/mol. The summed E-state index contributed by atoms with van der Waals surface area (Å²) in [6.45, 7) is 2.70. The van der Waals surface area contributed by atoms with E-state index in [4.69, 9.17) is 4.74 Å². The van der Waals surface area contributed by atoms with Crippen LogP contribution >= 0.6 is 0 Å². The molecule has 2 heterocycles. The van der Waals surface area contributed by atoms with E-state index in [2.05, 4.69) is 9.64 Å². The smallest absolute Gasteiger partial charge is 0.410 e. The van der Waals surface area contributed by atoms with E-state index in [1.807, 2.05) is 0 Å². The number of hydrogen-bond donors (Lipinski definition) is 1. The fourth-order valence-corrected chi connectivity index (χ4v) is 3.28. The summed E-state index contributed by atoms with van der Waals surface area (Å²) in [5.74, 6) is -0.654. The summed E-state index contributed by atoms with van der Waals surface area (Å²) in [6, 6.07) is 4.91. The number of carbonyl (C=O) groups excluding carboxylic acids is 2. The second kappa shape index (κ2) is 5.73. The minimum atomic E-state index is -0.561. The average Bonchev–Trinajstić information content (AvgIpc) is 3.03. The number of likely N-dealkylation sites (N-methyl/N-ethyl adjacent to an activating group) is 1. The molecule has 1 amide bonds. The molecule has 7 nitrogen and oxygen atoms in total. The number of phenols is 1. The third-order valence-electron chi connectivity index (χ3n) is 4.41. The first kappa shape index (κ1) is 15.6. The summed E-state index contributed by atoms with van der Waals surface area (Å²) in [4.78, 5) is 27.0. The summed E-state index contributed by atoms with van der Waals surface area (Å²) < 4.78 is 10.2. The lowest BCUT2D eigenvalue weighted by Crippen LogP contribution is -2.37. The molecule has 1 atom stereocenters. The van der Waals surface area contributed by atoms with E-state index in [9.17, 15) is 14.7 Å². The van der Waals surface area contributed by atoms with Gasteiger partial charge in [-0.3, -0.25) is 4.90 Å². The summed E-state index contributed by atoms with van der Waals surface area (Å²) in [5.41, 5.74) is 0.636. The van der Waals surface area contributed by atoms with Gasteiger partial charge in [-0.2, -0.15) is 0 Å². The van der Waals surface area contributed by atoms with Crippen LogP contribution in [0, 0.1) is 0 Å². The van der Waals surface area contributed by atoms with Gasteiger partial charge in [-0.25, -0.2) is 9.59 Å². The Labute approximate surface area is 134 Å². The van der Waals surface area contributed by atoms with Crippen molar-refractivity contribution in [2.75, 3.05) is 33.8 Å². The molecule has 2 fully saturated rings. The van der Waals surface area contributed by atoms with Gasteiger partial charge >= 0.3 is 12.1 Å². The number of carbonyl (C=O) groups is 2. The van der Waals surface area contributed by atoms with Gasteiger partial charge < -0.3 is 19.5 Å². The molecule has 2 aliphatic heterocycles. The lowest BCUT2D eigenvalue weighted by molar-refractivity contribution is 0.0592. The van der Waals surface area contributed by atoms with Crippen molar-refractivity contribution in [3.63, 3.8) is 0 Å². The molecule has 1 N–H and O–H groups in total. The van der Waals surface area contributed by atoms with Gasteiger partial charge in [-0.15, -0.1) is 0 Å². The van der Waals surface area contributed by atoms with Gasteiger partial charge in [0.2, 0.25) is 0 Å². The topological polar surface area (TPSA) is 79.3 Å². The highest BCUT2D eigenvalue weighted by Crippen LogP contribution is 2.32. The number of amides is 1. The third kappa shape index (κ3) is 2.96. The number of ether oxygens (including phenoxy) is 2. The standard InChI is InChI=1S/C16H20N2O5/c1-17-9-16(23-15(17)21)5-6-18(10-16)8-11-3-4-13(19)12(7-11)14(20)22-2/h3-4,7,19H,5-6,8-10H2,1-2H3/t16-/m0/s1. The number of benzene rings is 1. The van der Waals surface area contributed by atoms with E-state index in [1.54, 1.807) is 24.1 Å². The van der Waals surface area contributed by atoms with Crippen molar-refractivity contribution in [2.24, 2.45) is 0 Å². The van der Waals surface area contributed by atoms with Gasteiger partial charge in [0.1, 0.15) is 16.9 Å². The second-order valence-corrected chi connectivity index (χ2v) is 6.21. The highest BCUT2D eigenvalue weighted by Gasteiger charge is 2.48. The molecule has 0 radical (unpaired) electrons. The van der Waals surface area contributed by atoms with E-state index >= 15 is 0 Å². The van der Waals surface area contributed by atoms with Crippen LogP contribution in [0.1, 0.15) is 22.3 Å². The molecule has 2 aliphatic rings. The normalized spacial score (nSPS) is 24.3. The fraction of sp³-hybridized carbons (Fsp3) is 0.500. The molecule has 0 aliphatic carbocycles. The van der Waals surface area contributed by atoms with Crippen molar-refractivity contribution >= 4 is 12.1 Å². The molecule has 23 heavy (non-hydrogen) atoms. The molecule has 0 unspecified atom stereocenters. The Balaban J connectivity index is 1.69. The Kier molecular flexibility index (Phi) is 3.89. The van der Waals surface area contributed by atoms with Gasteiger partial charge in [0.05, 0.1) is 13.7 Å². The molecule has 1 aromatic carbocycles. The van der Waals surface area contributed by atoms with Crippen LogP contribution in [-0.4, -0.2) is 66.4 Å². The van der Waals surface area contributed by atoms with Gasteiger partial charge in [0.15, 0.2) is 0 Å². The Hall–Kier alpha value is -2.28. The largest absolute Gasteiger partial charge is 0.507 e. The van der Waals surface area contributed by atoms with Crippen LogP contribution in [0.15, 0.2) is 18.2 Å². The van der Waals surface area contributed by atoms with E-state index < -0.39 is 11.6 Å².